The summed E-state index contributed by atoms with van der Waals surface area (Å²) < 4.78 is 30.9. The van der Waals surface area contributed by atoms with Gasteiger partial charge in [0.2, 0.25) is 0 Å². The maximum Gasteiger partial charge on any atom is 0.185 e. The molecule has 178 valence electrons. The number of hydrogen-bond donors (Lipinski definition) is 0. The van der Waals surface area contributed by atoms with Crippen molar-refractivity contribution in [3.05, 3.63) is 82.2 Å². The molecule has 1 fully saturated rings. The van der Waals surface area contributed by atoms with Crippen LogP contribution in [0.15, 0.2) is 65.8 Å². The van der Waals surface area contributed by atoms with Gasteiger partial charge in [0.1, 0.15) is 18.3 Å². The largest absolute Gasteiger partial charge is 0.407 e. The molecule has 3 rings (SSSR count). The number of rotatable bonds is 12. The minimum atomic E-state index is -1.95. The van der Waals surface area contributed by atoms with Gasteiger partial charge in [0.05, 0.1) is 25.9 Å². The van der Waals surface area contributed by atoms with Crippen molar-refractivity contribution in [2.45, 2.75) is 63.6 Å². The molecule has 2 aromatic rings. The lowest BCUT2D eigenvalue weighted by molar-refractivity contribution is -0.169. The van der Waals surface area contributed by atoms with Crippen LogP contribution in [0.4, 0.5) is 0 Å². The molecule has 0 spiro atoms. The van der Waals surface area contributed by atoms with Crippen LogP contribution in [0.1, 0.15) is 11.1 Å². The van der Waals surface area contributed by atoms with E-state index >= 15 is 0 Å². The predicted octanol–water partition coefficient (Wildman–Crippen LogP) is 5.06. The lowest BCUT2D eigenvalue weighted by Crippen LogP contribution is -2.47. The molecular formula is C24H33N3O5Si. The highest BCUT2D eigenvalue weighted by molar-refractivity contribution is 6.69. The van der Waals surface area contributed by atoms with Gasteiger partial charge in [0, 0.05) is 12.0 Å². The van der Waals surface area contributed by atoms with Crippen LogP contribution >= 0.6 is 0 Å². The lowest BCUT2D eigenvalue weighted by atomic mass is 10.0. The van der Waals surface area contributed by atoms with Gasteiger partial charge in [-0.2, -0.15) is 0 Å². The monoisotopic (exact) mass is 471 g/mol. The molecule has 2 aromatic carbocycles. The fraction of sp³-hybridized carbons (Fsp3) is 0.500. The summed E-state index contributed by atoms with van der Waals surface area (Å²) in [6.07, 6.45) is -2.57. The molecule has 33 heavy (non-hydrogen) atoms. The first-order valence-electron chi connectivity index (χ1n) is 11.1. The number of azide groups is 1. The second kappa shape index (κ2) is 12.3. The zero-order chi connectivity index (χ0) is 23.7. The van der Waals surface area contributed by atoms with Gasteiger partial charge in [-0.25, -0.2) is 0 Å². The zero-order valence-corrected chi connectivity index (χ0v) is 20.7. The van der Waals surface area contributed by atoms with Crippen LogP contribution in [0, 0.1) is 0 Å². The third kappa shape index (κ3) is 7.65. The van der Waals surface area contributed by atoms with Crippen LogP contribution < -0.4 is 0 Å². The van der Waals surface area contributed by atoms with E-state index in [1.807, 2.05) is 60.7 Å². The van der Waals surface area contributed by atoms with Crippen LogP contribution in [-0.2, 0) is 36.6 Å². The van der Waals surface area contributed by atoms with Gasteiger partial charge in [0.15, 0.2) is 14.6 Å². The van der Waals surface area contributed by atoms with Crippen LogP contribution in [-0.4, -0.2) is 52.7 Å². The average molecular weight is 472 g/mol. The maximum atomic E-state index is 8.95. The molecule has 0 aliphatic carbocycles. The summed E-state index contributed by atoms with van der Waals surface area (Å²) in [5.74, 6) is 0. The average Bonchev–Trinajstić information content (AvgIpc) is 3.14. The third-order valence-electron chi connectivity index (χ3n) is 5.21. The third-order valence-corrected chi connectivity index (χ3v) is 6.19. The Hall–Kier alpha value is -2.23. The van der Waals surface area contributed by atoms with E-state index in [0.29, 0.717) is 13.2 Å². The van der Waals surface area contributed by atoms with Crippen molar-refractivity contribution in [1.82, 2.24) is 0 Å². The molecule has 9 heteroatoms. The van der Waals surface area contributed by atoms with Crippen molar-refractivity contribution in [3.8, 4) is 0 Å². The first kappa shape index (κ1) is 25.4. The Kier molecular flexibility index (Phi) is 9.46. The standard InChI is InChI=1S/C24H33N3O5Si/c1-28-24-23(32-33(2,3)4)22(30-17-19-13-9-6-10-14-19)21(31-24)20(15-26-27-25)29-16-18-11-7-5-8-12-18/h5-14,20-24H,15-17H2,1-4H3/t20-,21-,22-,23-,24+/m1/s1. The summed E-state index contributed by atoms with van der Waals surface area (Å²) in [5, 5.41) is 3.78. The number of ether oxygens (including phenoxy) is 4. The van der Waals surface area contributed by atoms with E-state index in [1.54, 1.807) is 7.11 Å². The molecule has 0 aromatic heterocycles. The van der Waals surface area contributed by atoms with Crippen molar-refractivity contribution >= 4 is 8.32 Å². The van der Waals surface area contributed by atoms with Crippen molar-refractivity contribution < 1.29 is 23.4 Å². The molecule has 1 heterocycles. The lowest BCUT2D eigenvalue weighted by Gasteiger charge is -2.31. The topological polar surface area (TPSA) is 94.9 Å². The van der Waals surface area contributed by atoms with Gasteiger partial charge in [-0.1, -0.05) is 65.8 Å². The van der Waals surface area contributed by atoms with Crippen LogP contribution in [0.3, 0.4) is 0 Å². The van der Waals surface area contributed by atoms with Crippen molar-refractivity contribution in [2.75, 3.05) is 13.7 Å². The zero-order valence-electron chi connectivity index (χ0n) is 19.7. The van der Waals surface area contributed by atoms with E-state index in [-0.39, 0.29) is 6.54 Å². The van der Waals surface area contributed by atoms with Gasteiger partial charge in [0.25, 0.3) is 0 Å². The van der Waals surface area contributed by atoms with Crippen molar-refractivity contribution in [1.29, 1.82) is 0 Å². The summed E-state index contributed by atoms with van der Waals surface area (Å²) in [6.45, 7) is 7.20. The molecule has 1 aliphatic heterocycles. The van der Waals surface area contributed by atoms with Gasteiger partial charge >= 0.3 is 0 Å². The summed E-state index contributed by atoms with van der Waals surface area (Å²) >= 11 is 0. The molecule has 0 saturated carbocycles. The SMILES string of the molecule is CO[C@H]1O[C@H]([C@@H](CN=[N+]=[N-])OCc2ccccc2)[C@@H](OCc2ccccc2)[C@H]1O[Si](C)(C)C. The van der Waals surface area contributed by atoms with Crippen molar-refractivity contribution in [3.63, 3.8) is 0 Å². The summed E-state index contributed by atoms with van der Waals surface area (Å²) in [4.78, 5) is 2.93. The molecule has 5 atom stereocenters. The highest BCUT2D eigenvalue weighted by Gasteiger charge is 2.51. The molecule has 1 saturated heterocycles. The Morgan fingerprint density at radius 2 is 1.58 bits per heavy atom. The highest BCUT2D eigenvalue weighted by Crippen LogP contribution is 2.33. The Morgan fingerprint density at radius 3 is 2.12 bits per heavy atom. The fourth-order valence-corrected chi connectivity index (χ4v) is 4.84. The van der Waals surface area contributed by atoms with E-state index in [0.717, 1.165) is 11.1 Å². The normalized spacial score (nSPS) is 23.8. The molecule has 0 radical (unpaired) electrons. The van der Waals surface area contributed by atoms with E-state index < -0.39 is 39.0 Å². The van der Waals surface area contributed by atoms with Crippen LogP contribution in [0.5, 0.6) is 0 Å². The van der Waals surface area contributed by atoms with E-state index in [1.165, 1.54) is 0 Å². The van der Waals surface area contributed by atoms with Gasteiger partial charge in [-0.05, 0) is 36.3 Å². The molecule has 0 unspecified atom stereocenters. The Bertz CT molecular complexity index is 890. The quantitative estimate of drug-likeness (QED) is 0.187. The van der Waals surface area contributed by atoms with Crippen LogP contribution in [0.25, 0.3) is 10.4 Å². The Labute approximate surface area is 196 Å². The molecule has 8 nitrogen and oxygen atoms in total. The molecular weight excluding hydrogens is 438 g/mol. The molecule has 0 N–H and O–H groups in total. The number of methoxy groups -OCH3 is 1. The van der Waals surface area contributed by atoms with Crippen LogP contribution in [0.2, 0.25) is 19.6 Å². The number of benzene rings is 2. The predicted molar refractivity (Wildman–Crippen MR) is 128 cm³/mol. The Balaban J connectivity index is 1.84. The van der Waals surface area contributed by atoms with Gasteiger partial charge in [-0.3, -0.25) is 0 Å². The first-order valence-corrected chi connectivity index (χ1v) is 14.5. The van der Waals surface area contributed by atoms with Gasteiger partial charge in [-0.15, -0.1) is 0 Å². The highest BCUT2D eigenvalue weighted by atomic mass is 28.4. The minimum absolute atomic E-state index is 0.106. The first-order chi connectivity index (χ1) is 15.9. The maximum absolute atomic E-state index is 8.95. The van der Waals surface area contributed by atoms with E-state index in [4.69, 9.17) is 28.9 Å². The van der Waals surface area contributed by atoms with E-state index in [9.17, 15) is 0 Å². The van der Waals surface area contributed by atoms with E-state index in [2.05, 4.69) is 29.7 Å². The minimum Gasteiger partial charge on any atom is -0.407 e. The summed E-state index contributed by atoms with van der Waals surface area (Å²) in [5.41, 5.74) is 11.0. The smallest absolute Gasteiger partial charge is 0.185 e. The molecule has 0 bridgehead atoms. The second-order valence-electron chi connectivity index (χ2n) is 8.91. The van der Waals surface area contributed by atoms with Gasteiger partial charge < -0.3 is 23.4 Å². The van der Waals surface area contributed by atoms with Crippen molar-refractivity contribution in [2.24, 2.45) is 5.11 Å². The second-order valence-corrected chi connectivity index (χ2v) is 13.4. The fourth-order valence-electron chi connectivity index (χ4n) is 3.77. The molecule has 0 amide bonds. The summed E-state index contributed by atoms with van der Waals surface area (Å²) in [7, 11) is -0.362. The number of nitrogens with zero attached hydrogens (tertiary/aromatic N) is 3. The summed E-state index contributed by atoms with van der Waals surface area (Å²) in [6, 6.07) is 19.8. The number of hydrogen-bond acceptors (Lipinski definition) is 6. The Morgan fingerprint density at radius 1 is 0.970 bits per heavy atom. The molecule has 1 aliphatic rings.